The highest BCUT2D eigenvalue weighted by Crippen LogP contribution is 2.63. The first-order valence-corrected chi connectivity index (χ1v) is 10.3. The summed E-state index contributed by atoms with van der Waals surface area (Å²) in [4.78, 5) is 22.5. The Bertz CT molecular complexity index is 678. The SMILES string of the molecule is C=CC1(C)CCC2=C(CCC3C(C)(COC(=O)CC(=O)O)CCCC23C)C1. The monoisotopic (exact) mass is 374 g/mol. The van der Waals surface area contributed by atoms with E-state index in [1.54, 1.807) is 11.1 Å². The second-order valence-electron chi connectivity index (χ2n) is 9.86. The maximum atomic E-state index is 11.8. The zero-order chi connectivity index (χ0) is 19.9. The minimum absolute atomic E-state index is 0.0706. The average Bonchev–Trinajstić information content (AvgIpc) is 2.59. The van der Waals surface area contributed by atoms with Crippen LogP contribution in [-0.2, 0) is 14.3 Å². The van der Waals surface area contributed by atoms with Gasteiger partial charge in [0.2, 0.25) is 0 Å². The molecule has 0 amide bonds. The third-order valence-corrected chi connectivity index (χ3v) is 7.82. The van der Waals surface area contributed by atoms with E-state index in [-0.39, 0.29) is 16.2 Å². The second kappa shape index (κ2) is 7.10. The fourth-order valence-electron chi connectivity index (χ4n) is 6.29. The van der Waals surface area contributed by atoms with Gasteiger partial charge in [-0.2, -0.15) is 0 Å². The van der Waals surface area contributed by atoms with Crippen LogP contribution in [0.3, 0.4) is 0 Å². The van der Waals surface area contributed by atoms with E-state index in [2.05, 4.69) is 33.4 Å². The molecule has 0 aliphatic heterocycles. The van der Waals surface area contributed by atoms with Crippen LogP contribution >= 0.6 is 0 Å². The summed E-state index contributed by atoms with van der Waals surface area (Å²) >= 11 is 0. The molecule has 0 bridgehead atoms. The molecule has 0 saturated heterocycles. The molecule has 0 spiro atoms. The van der Waals surface area contributed by atoms with Crippen LogP contribution < -0.4 is 0 Å². The number of carboxylic acids is 1. The van der Waals surface area contributed by atoms with Crippen molar-refractivity contribution in [2.24, 2.45) is 22.2 Å². The van der Waals surface area contributed by atoms with Gasteiger partial charge in [-0.3, -0.25) is 9.59 Å². The summed E-state index contributed by atoms with van der Waals surface area (Å²) in [5, 5.41) is 8.79. The lowest BCUT2D eigenvalue weighted by atomic mass is 9.47. The zero-order valence-corrected chi connectivity index (χ0v) is 17.1. The zero-order valence-electron chi connectivity index (χ0n) is 17.1. The Labute approximate surface area is 163 Å². The van der Waals surface area contributed by atoms with Crippen molar-refractivity contribution in [1.82, 2.24) is 0 Å². The van der Waals surface area contributed by atoms with Crippen LogP contribution in [0.1, 0.15) is 78.6 Å². The van der Waals surface area contributed by atoms with Crippen LogP contribution in [0.4, 0.5) is 0 Å². The number of carbonyl (C=O) groups is 2. The molecule has 4 nitrogen and oxygen atoms in total. The minimum Gasteiger partial charge on any atom is -0.481 e. The van der Waals surface area contributed by atoms with Gasteiger partial charge in [0, 0.05) is 5.41 Å². The molecule has 0 aromatic carbocycles. The molecule has 1 N–H and O–H groups in total. The molecular weight excluding hydrogens is 340 g/mol. The van der Waals surface area contributed by atoms with Crippen LogP contribution in [-0.4, -0.2) is 23.7 Å². The molecule has 1 fully saturated rings. The number of fused-ring (bicyclic) bond motifs is 2. The Morgan fingerprint density at radius 2 is 1.96 bits per heavy atom. The molecule has 0 heterocycles. The van der Waals surface area contributed by atoms with Crippen molar-refractivity contribution >= 4 is 11.9 Å². The van der Waals surface area contributed by atoms with E-state index in [1.165, 1.54) is 12.8 Å². The van der Waals surface area contributed by atoms with E-state index in [4.69, 9.17) is 9.84 Å². The van der Waals surface area contributed by atoms with Gasteiger partial charge < -0.3 is 9.84 Å². The molecule has 0 aromatic rings. The van der Waals surface area contributed by atoms with Crippen LogP contribution in [0, 0.1) is 22.2 Å². The van der Waals surface area contributed by atoms with Crippen LogP contribution in [0.2, 0.25) is 0 Å². The Hall–Kier alpha value is -1.58. The lowest BCUT2D eigenvalue weighted by Gasteiger charge is -2.57. The standard InChI is InChI=1S/C23H34O4/c1-5-21(2)12-9-17-16(14-21)7-8-18-22(3,10-6-11-23(17,18)4)15-27-20(26)13-19(24)25/h5,18H,1,6-15H2,2-4H3,(H,24,25). The van der Waals surface area contributed by atoms with E-state index in [0.29, 0.717) is 12.5 Å². The summed E-state index contributed by atoms with van der Waals surface area (Å²) in [6.45, 7) is 11.4. The van der Waals surface area contributed by atoms with Gasteiger partial charge in [0.05, 0.1) is 6.61 Å². The van der Waals surface area contributed by atoms with Gasteiger partial charge in [0.15, 0.2) is 0 Å². The molecule has 27 heavy (non-hydrogen) atoms. The molecule has 0 aromatic heterocycles. The van der Waals surface area contributed by atoms with Crippen LogP contribution in [0.5, 0.6) is 0 Å². The van der Waals surface area contributed by atoms with E-state index in [9.17, 15) is 9.59 Å². The third-order valence-electron chi connectivity index (χ3n) is 7.82. The van der Waals surface area contributed by atoms with Crippen molar-refractivity contribution in [1.29, 1.82) is 0 Å². The van der Waals surface area contributed by atoms with E-state index >= 15 is 0 Å². The predicted molar refractivity (Wildman–Crippen MR) is 105 cm³/mol. The van der Waals surface area contributed by atoms with Gasteiger partial charge >= 0.3 is 11.9 Å². The number of ether oxygens (including phenoxy) is 1. The molecular formula is C23H34O4. The third kappa shape index (κ3) is 3.72. The molecule has 1 saturated carbocycles. The number of carboxylic acid groups (broad SMARTS) is 1. The molecule has 3 aliphatic carbocycles. The first kappa shape index (κ1) is 20.2. The molecule has 4 atom stereocenters. The highest BCUT2D eigenvalue weighted by Gasteiger charge is 2.53. The largest absolute Gasteiger partial charge is 0.481 e. The van der Waals surface area contributed by atoms with Gasteiger partial charge in [-0.1, -0.05) is 44.4 Å². The Morgan fingerprint density at radius 3 is 2.63 bits per heavy atom. The lowest BCUT2D eigenvalue weighted by Crippen LogP contribution is -2.50. The highest BCUT2D eigenvalue weighted by atomic mass is 16.5. The summed E-state index contributed by atoms with van der Waals surface area (Å²) in [7, 11) is 0. The summed E-state index contributed by atoms with van der Waals surface area (Å²) in [6, 6.07) is 0. The number of carbonyl (C=O) groups excluding carboxylic acids is 1. The molecule has 3 rings (SSSR count). The fraction of sp³-hybridized carbons (Fsp3) is 0.739. The molecule has 4 heteroatoms. The number of aliphatic carboxylic acids is 1. The van der Waals surface area contributed by atoms with Gasteiger partial charge in [-0.15, -0.1) is 6.58 Å². The first-order valence-electron chi connectivity index (χ1n) is 10.3. The number of hydrogen-bond acceptors (Lipinski definition) is 3. The van der Waals surface area contributed by atoms with Gasteiger partial charge in [-0.25, -0.2) is 0 Å². The average molecular weight is 375 g/mol. The Morgan fingerprint density at radius 1 is 1.22 bits per heavy atom. The van der Waals surface area contributed by atoms with E-state index in [0.717, 1.165) is 38.5 Å². The Balaban J connectivity index is 1.80. The molecule has 4 unspecified atom stereocenters. The maximum absolute atomic E-state index is 11.8. The van der Waals surface area contributed by atoms with Gasteiger partial charge in [0.1, 0.15) is 6.42 Å². The van der Waals surface area contributed by atoms with Crippen LogP contribution in [0.15, 0.2) is 23.8 Å². The van der Waals surface area contributed by atoms with Crippen molar-refractivity contribution in [2.45, 2.75) is 78.6 Å². The quantitative estimate of drug-likeness (QED) is 0.404. The summed E-state index contributed by atoms with van der Waals surface area (Å²) in [5.41, 5.74) is 3.66. The molecule has 150 valence electrons. The molecule has 3 aliphatic rings. The van der Waals surface area contributed by atoms with E-state index in [1.807, 2.05) is 0 Å². The summed E-state index contributed by atoms with van der Waals surface area (Å²) < 4.78 is 5.43. The predicted octanol–water partition coefficient (Wildman–Crippen LogP) is 5.28. The molecule has 0 radical (unpaired) electrons. The maximum Gasteiger partial charge on any atom is 0.317 e. The first-order chi connectivity index (χ1) is 12.6. The normalized spacial score (nSPS) is 38.6. The Kier molecular flexibility index (Phi) is 5.31. The lowest BCUT2D eigenvalue weighted by molar-refractivity contribution is -0.157. The highest BCUT2D eigenvalue weighted by molar-refractivity contribution is 5.90. The van der Waals surface area contributed by atoms with Gasteiger partial charge in [-0.05, 0) is 61.7 Å². The number of rotatable bonds is 5. The van der Waals surface area contributed by atoms with Crippen molar-refractivity contribution in [3.05, 3.63) is 23.8 Å². The van der Waals surface area contributed by atoms with Crippen molar-refractivity contribution < 1.29 is 19.4 Å². The van der Waals surface area contributed by atoms with Crippen molar-refractivity contribution in [3.8, 4) is 0 Å². The van der Waals surface area contributed by atoms with Crippen molar-refractivity contribution in [2.75, 3.05) is 6.61 Å². The number of hydrogen-bond donors (Lipinski definition) is 1. The topological polar surface area (TPSA) is 63.6 Å². The van der Waals surface area contributed by atoms with E-state index < -0.39 is 18.4 Å². The minimum atomic E-state index is -1.13. The van der Waals surface area contributed by atoms with Crippen LogP contribution in [0.25, 0.3) is 0 Å². The smallest absolute Gasteiger partial charge is 0.317 e. The number of esters is 1. The summed E-state index contributed by atoms with van der Waals surface area (Å²) in [5.74, 6) is -1.26. The fourth-order valence-corrected chi connectivity index (χ4v) is 6.29. The summed E-state index contributed by atoms with van der Waals surface area (Å²) in [6.07, 6.45) is 10.7. The van der Waals surface area contributed by atoms with Gasteiger partial charge in [0.25, 0.3) is 0 Å². The number of allylic oxidation sites excluding steroid dienone is 3. The second-order valence-corrected chi connectivity index (χ2v) is 9.86. The van der Waals surface area contributed by atoms with Crippen molar-refractivity contribution in [3.63, 3.8) is 0 Å².